The second-order valence-electron chi connectivity index (χ2n) is 4.41. The topological polar surface area (TPSA) is 32.3 Å². The molecule has 0 bridgehead atoms. The van der Waals surface area contributed by atoms with Gasteiger partial charge in [-0.15, -0.1) is 0 Å². The Hall–Kier alpha value is -0.730. The minimum Gasteiger partial charge on any atom is -0.508 e. The van der Waals surface area contributed by atoms with E-state index in [1.54, 1.807) is 18.2 Å². The van der Waals surface area contributed by atoms with Crippen molar-refractivity contribution in [2.75, 3.05) is 0 Å². The van der Waals surface area contributed by atoms with Crippen molar-refractivity contribution in [1.29, 1.82) is 0 Å². The molecule has 0 spiro atoms. The molecule has 0 aliphatic carbocycles. The molecule has 0 radical (unpaired) electrons. The Bertz CT molecular complexity index is 339. The van der Waals surface area contributed by atoms with E-state index in [4.69, 9.17) is 11.6 Å². The number of nitrogens with one attached hydrogen (secondary N) is 1. The van der Waals surface area contributed by atoms with E-state index in [0.29, 0.717) is 29.3 Å². The van der Waals surface area contributed by atoms with Crippen LogP contribution in [0, 0.1) is 5.92 Å². The Morgan fingerprint density at radius 2 is 2.06 bits per heavy atom. The summed E-state index contributed by atoms with van der Waals surface area (Å²) in [6.07, 6.45) is 1.08. The SMILES string of the molecule is CCC(NCc1cc(Cl)ccc1O)C(C)C. The van der Waals surface area contributed by atoms with Gasteiger partial charge in [0, 0.05) is 23.2 Å². The van der Waals surface area contributed by atoms with E-state index in [9.17, 15) is 5.11 Å². The average molecular weight is 242 g/mol. The van der Waals surface area contributed by atoms with Gasteiger partial charge in [0.25, 0.3) is 0 Å². The zero-order valence-electron chi connectivity index (χ0n) is 10.1. The molecule has 0 saturated carbocycles. The number of benzene rings is 1. The van der Waals surface area contributed by atoms with Crippen LogP contribution in [0.4, 0.5) is 0 Å². The lowest BCUT2D eigenvalue weighted by atomic mass is 10.0. The molecule has 2 N–H and O–H groups in total. The number of rotatable bonds is 5. The fraction of sp³-hybridized carbons (Fsp3) is 0.538. The third-order valence-corrected chi connectivity index (χ3v) is 3.08. The molecule has 0 heterocycles. The van der Waals surface area contributed by atoms with Gasteiger partial charge in [-0.25, -0.2) is 0 Å². The van der Waals surface area contributed by atoms with E-state index in [1.807, 2.05) is 0 Å². The second kappa shape index (κ2) is 6.12. The van der Waals surface area contributed by atoms with Gasteiger partial charge in [0.15, 0.2) is 0 Å². The van der Waals surface area contributed by atoms with Gasteiger partial charge in [0.1, 0.15) is 5.75 Å². The van der Waals surface area contributed by atoms with E-state index in [-0.39, 0.29) is 0 Å². The smallest absolute Gasteiger partial charge is 0.120 e. The molecule has 1 aromatic rings. The molecule has 1 aromatic carbocycles. The highest BCUT2D eigenvalue weighted by molar-refractivity contribution is 6.30. The van der Waals surface area contributed by atoms with E-state index >= 15 is 0 Å². The van der Waals surface area contributed by atoms with E-state index in [0.717, 1.165) is 12.0 Å². The summed E-state index contributed by atoms with van der Waals surface area (Å²) in [5.74, 6) is 0.891. The van der Waals surface area contributed by atoms with Crippen LogP contribution in [0.1, 0.15) is 32.8 Å². The predicted molar refractivity (Wildman–Crippen MR) is 68.9 cm³/mol. The molecule has 90 valence electrons. The minimum atomic E-state index is 0.301. The first-order chi connectivity index (χ1) is 7.54. The summed E-state index contributed by atoms with van der Waals surface area (Å²) in [6.45, 7) is 7.20. The summed E-state index contributed by atoms with van der Waals surface area (Å²) in [4.78, 5) is 0. The largest absolute Gasteiger partial charge is 0.508 e. The lowest BCUT2D eigenvalue weighted by molar-refractivity contribution is 0.382. The lowest BCUT2D eigenvalue weighted by Gasteiger charge is -2.21. The van der Waals surface area contributed by atoms with Crippen LogP contribution in [0.5, 0.6) is 5.75 Å². The Balaban J connectivity index is 2.63. The normalized spacial score (nSPS) is 13.1. The van der Waals surface area contributed by atoms with Gasteiger partial charge >= 0.3 is 0 Å². The maximum absolute atomic E-state index is 9.66. The third-order valence-electron chi connectivity index (χ3n) is 2.84. The van der Waals surface area contributed by atoms with Gasteiger partial charge in [-0.2, -0.15) is 0 Å². The molecule has 0 fully saturated rings. The van der Waals surface area contributed by atoms with Crippen molar-refractivity contribution in [2.45, 2.75) is 39.8 Å². The van der Waals surface area contributed by atoms with E-state index < -0.39 is 0 Å². The van der Waals surface area contributed by atoms with Crippen LogP contribution in [0.2, 0.25) is 5.02 Å². The first kappa shape index (κ1) is 13.3. The Kier molecular flexibility index (Phi) is 5.10. The minimum absolute atomic E-state index is 0.301. The van der Waals surface area contributed by atoms with Crippen molar-refractivity contribution in [3.63, 3.8) is 0 Å². The zero-order valence-corrected chi connectivity index (χ0v) is 10.9. The van der Waals surface area contributed by atoms with Crippen molar-refractivity contribution in [3.05, 3.63) is 28.8 Å². The molecule has 0 aliphatic rings. The number of hydrogen-bond acceptors (Lipinski definition) is 2. The third kappa shape index (κ3) is 3.69. The standard InChI is InChI=1S/C13H20ClNO/c1-4-12(9(2)3)15-8-10-7-11(14)5-6-13(10)16/h5-7,9,12,15-16H,4,8H2,1-3H3. The molecule has 0 aromatic heterocycles. The highest BCUT2D eigenvalue weighted by atomic mass is 35.5. The van der Waals surface area contributed by atoms with Crippen LogP contribution in [0.15, 0.2) is 18.2 Å². The maximum Gasteiger partial charge on any atom is 0.120 e. The quantitative estimate of drug-likeness (QED) is 0.826. The summed E-state index contributed by atoms with van der Waals surface area (Å²) in [5, 5.41) is 13.8. The van der Waals surface area contributed by atoms with Gasteiger partial charge in [-0.05, 0) is 30.5 Å². The Morgan fingerprint density at radius 3 is 2.62 bits per heavy atom. The predicted octanol–water partition coefficient (Wildman–Crippen LogP) is 3.57. The molecule has 2 nitrogen and oxygen atoms in total. The Morgan fingerprint density at radius 1 is 1.38 bits per heavy atom. The van der Waals surface area contributed by atoms with Gasteiger partial charge < -0.3 is 10.4 Å². The summed E-state index contributed by atoms with van der Waals surface area (Å²) >= 11 is 5.89. The van der Waals surface area contributed by atoms with Crippen LogP contribution in [-0.4, -0.2) is 11.1 Å². The fourth-order valence-corrected chi connectivity index (χ4v) is 1.98. The number of phenolic OH excluding ortho intramolecular Hbond substituents is 1. The van der Waals surface area contributed by atoms with Gasteiger partial charge in [-0.1, -0.05) is 32.4 Å². The fourth-order valence-electron chi connectivity index (χ4n) is 1.79. The Labute approximate surface area is 103 Å². The van der Waals surface area contributed by atoms with Gasteiger partial charge in [0.2, 0.25) is 0 Å². The van der Waals surface area contributed by atoms with Crippen LogP contribution in [0.3, 0.4) is 0 Å². The first-order valence-corrected chi connectivity index (χ1v) is 6.13. The molecule has 0 saturated heterocycles. The number of aromatic hydroxyl groups is 1. The van der Waals surface area contributed by atoms with Crippen LogP contribution in [-0.2, 0) is 6.54 Å². The number of halogens is 1. The summed E-state index contributed by atoms with van der Waals surface area (Å²) in [6, 6.07) is 5.60. The lowest BCUT2D eigenvalue weighted by Crippen LogP contribution is -2.32. The number of phenols is 1. The highest BCUT2D eigenvalue weighted by Crippen LogP contribution is 2.21. The average Bonchev–Trinajstić information content (AvgIpc) is 2.23. The molecular weight excluding hydrogens is 222 g/mol. The van der Waals surface area contributed by atoms with Crippen LogP contribution in [0.25, 0.3) is 0 Å². The first-order valence-electron chi connectivity index (χ1n) is 5.75. The van der Waals surface area contributed by atoms with Crippen molar-refractivity contribution >= 4 is 11.6 Å². The second-order valence-corrected chi connectivity index (χ2v) is 4.85. The summed E-state index contributed by atoms with van der Waals surface area (Å²) < 4.78 is 0. The van der Waals surface area contributed by atoms with Crippen LogP contribution >= 0.6 is 11.6 Å². The van der Waals surface area contributed by atoms with Crippen molar-refractivity contribution in [3.8, 4) is 5.75 Å². The van der Waals surface area contributed by atoms with Crippen LogP contribution < -0.4 is 5.32 Å². The van der Waals surface area contributed by atoms with Crippen molar-refractivity contribution in [1.82, 2.24) is 5.32 Å². The molecule has 3 heteroatoms. The summed E-state index contributed by atoms with van der Waals surface area (Å²) in [5.41, 5.74) is 0.853. The van der Waals surface area contributed by atoms with Crippen molar-refractivity contribution < 1.29 is 5.11 Å². The molecule has 1 rings (SSSR count). The monoisotopic (exact) mass is 241 g/mol. The summed E-state index contributed by atoms with van der Waals surface area (Å²) in [7, 11) is 0. The number of hydrogen-bond donors (Lipinski definition) is 2. The molecular formula is C13H20ClNO. The molecule has 16 heavy (non-hydrogen) atoms. The van der Waals surface area contributed by atoms with E-state index in [1.165, 1.54) is 0 Å². The van der Waals surface area contributed by atoms with Gasteiger partial charge in [0.05, 0.1) is 0 Å². The maximum atomic E-state index is 9.66. The molecule has 1 unspecified atom stereocenters. The van der Waals surface area contributed by atoms with E-state index in [2.05, 4.69) is 26.1 Å². The highest BCUT2D eigenvalue weighted by Gasteiger charge is 2.11. The molecule has 0 amide bonds. The molecule has 0 aliphatic heterocycles. The zero-order chi connectivity index (χ0) is 12.1. The van der Waals surface area contributed by atoms with Crippen molar-refractivity contribution in [2.24, 2.45) is 5.92 Å². The molecule has 1 atom stereocenters. The van der Waals surface area contributed by atoms with Gasteiger partial charge in [-0.3, -0.25) is 0 Å².